The number of carbonyl (C=O) groups excluding carboxylic acids is 2. The molecule has 2 rings (SSSR count). The van der Waals surface area contributed by atoms with E-state index in [1.807, 2.05) is 6.92 Å². The highest BCUT2D eigenvalue weighted by Gasteiger charge is 2.22. The van der Waals surface area contributed by atoms with Crippen LogP contribution in [0.1, 0.15) is 30.1 Å². The summed E-state index contributed by atoms with van der Waals surface area (Å²) in [6, 6.07) is 5.84. The van der Waals surface area contributed by atoms with Gasteiger partial charge in [0.1, 0.15) is 5.82 Å². The monoisotopic (exact) mass is 279 g/mol. The number of rotatable bonds is 4. The Hall–Kier alpha value is -1.75. The van der Waals surface area contributed by atoms with E-state index in [4.69, 9.17) is 4.74 Å². The molecule has 4 nitrogen and oxygen atoms in total. The zero-order valence-electron chi connectivity index (χ0n) is 11.5. The number of Topliss-reactive ketones (excluding diaryl/α,β-unsaturated/α-hetero) is 1. The molecular formula is C15H18FNO3. The van der Waals surface area contributed by atoms with Gasteiger partial charge in [0.25, 0.3) is 0 Å². The van der Waals surface area contributed by atoms with E-state index in [1.54, 1.807) is 11.0 Å². The molecule has 1 amide bonds. The summed E-state index contributed by atoms with van der Waals surface area (Å²) in [7, 11) is 0. The standard InChI is InChI=1S/C15H18FNO3/c1-11-10-17(8-9-20-11)15(19)7-6-14(18)12-4-2-3-5-13(12)16/h2-5,11H,6-10H2,1H3. The van der Waals surface area contributed by atoms with Crippen LogP contribution >= 0.6 is 0 Å². The van der Waals surface area contributed by atoms with Crippen LogP contribution in [-0.4, -0.2) is 42.4 Å². The normalized spacial score (nSPS) is 18.9. The van der Waals surface area contributed by atoms with Crippen molar-refractivity contribution in [1.29, 1.82) is 0 Å². The van der Waals surface area contributed by atoms with Crippen LogP contribution in [-0.2, 0) is 9.53 Å². The van der Waals surface area contributed by atoms with Crippen LogP contribution in [0.15, 0.2) is 24.3 Å². The fourth-order valence-electron chi connectivity index (χ4n) is 2.25. The van der Waals surface area contributed by atoms with E-state index in [9.17, 15) is 14.0 Å². The SMILES string of the molecule is CC1CN(C(=O)CCC(=O)c2ccccc2F)CCO1. The summed E-state index contributed by atoms with van der Waals surface area (Å²) in [5.41, 5.74) is 0.0515. The van der Waals surface area contributed by atoms with Gasteiger partial charge in [0.2, 0.25) is 5.91 Å². The first-order valence-corrected chi connectivity index (χ1v) is 6.75. The second-order valence-corrected chi connectivity index (χ2v) is 4.92. The van der Waals surface area contributed by atoms with Crippen LogP contribution in [0.25, 0.3) is 0 Å². The minimum atomic E-state index is -0.537. The molecule has 1 fully saturated rings. The number of ether oxygens (including phenoxy) is 1. The molecule has 0 saturated carbocycles. The van der Waals surface area contributed by atoms with E-state index in [2.05, 4.69) is 0 Å². The number of morpholine rings is 1. The van der Waals surface area contributed by atoms with Crippen LogP contribution < -0.4 is 0 Å². The number of benzene rings is 1. The lowest BCUT2D eigenvalue weighted by Crippen LogP contribution is -2.44. The van der Waals surface area contributed by atoms with Crippen molar-refractivity contribution in [1.82, 2.24) is 4.90 Å². The molecule has 5 heteroatoms. The van der Waals surface area contributed by atoms with Crippen molar-refractivity contribution in [3.05, 3.63) is 35.6 Å². The molecule has 1 heterocycles. The fraction of sp³-hybridized carbons (Fsp3) is 0.467. The lowest BCUT2D eigenvalue weighted by molar-refractivity contribution is -0.138. The number of amides is 1. The zero-order valence-corrected chi connectivity index (χ0v) is 11.5. The van der Waals surface area contributed by atoms with E-state index < -0.39 is 5.82 Å². The lowest BCUT2D eigenvalue weighted by atomic mass is 10.1. The fourth-order valence-corrected chi connectivity index (χ4v) is 2.25. The Morgan fingerprint density at radius 2 is 2.10 bits per heavy atom. The molecule has 0 spiro atoms. The highest BCUT2D eigenvalue weighted by molar-refractivity contribution is 5.98. The average molecular weight is 279 g/mol. The Labute approximate surface area is 117 Å². The predicted octanol–water partition coefficient (Wildman–Crippen LogP) is 2.04. The van der Waals surface area contributed by atoms with Crippen molar-refractivity contribution in [3.8, 4) is 0 Å². The minimum Gasteiger partial charge on any atom is -0.375 e. The number of halogens is 1. The van der Waals surface area contributed by atoms with Gasteiger partial charge in [-0.15, -0.1) is 0 Å². The Morgan fingerprint density at radius 1 is 1.35 bits per heavy atom. The van der Waals surface area contributed by atoms with Gasteiger partial charge in [0.05, 0.1) is 18.3 Å². The highest BCUT2D eigenvalue weighted by Crippen LogP contribution is 2.12. The topological polar surface area (TPSA) is 46.6 Å². The quantitative estimate of drug-likeness (QED) is 0.792. The molecule has 1 unspecified atom stereocenters. The van der Waals surface area contributed by atoms with E-state index in [0.717, 1.165) is 0 Å². The third-order valence-corrected chi connectivity index (χ3v) is 3.33. The highest BCUT2D eigenvalue weighted by atomic mass is 19.1. The molecule has 1 aromatic rings. The average Bonchev–Trinajstić information content (AvgIpc) is 2.45. The van der Waals surface area contributed by atoms with E-state index >= 15 is 0 Å². The van der Waals surface area contributed by atoms with Crippen LogP contribution in [0, 0.1) is 5.82 Å². The van der Waals surface area contributed by atoms with Crippen molar-refractivity contribution in [2.45, 2.75) is 25.9 Å². The summed E-state index contributed by atoms with van der Waals surface area (Å²) in [5.74, 6) is -0.951. The summed E-state index contributed by atoms with van der Waals surface area (Å²) in [6.45, 7) is 3.53. The molecule has 0 aliphatic carbocycles. The first kappa shape index (κ1) is 14.7. The molecule has 0 bridgehead atoms. The third kappa shape index (κ3) is 3.63. The van der Waals surface area contributed by atoms with Gasteiger partial charge >= 0.3 is 0 Å². The minimum absolute atomic E-state index is 0.0231. The van der Waals surface area contributed by atoms with Gasteiger partial charge in [0.15, 0.2) is 5.78 Å². The van der Waals surface area contributed by atoms with Crippen molar-refractivity contribution in [2.75, 3.05) is 19.7 Å². The number of ketones is 1. The molecule has 1 aromatic carbocycles. The zero-order chi connectivity index (χ0) is 14.5. The number of carbonyl (C=O) groups is 2. The summed E-state index contributed by atoms with van der Waals surface area (Å²) in [6.07, 6.45) is 0.167. The molecule has 20 heavy (non-hydrogen) atoms. The van der Waals surface area contributed by atoms with Gasteiger partial charge in [0, 0.05) is 25.9 Å². The smallest absolute Gasteiger partial charge is 0.223 e. The first-order chi connectivity index (χ1) is 9.58. The number of hydrogen-bond acceptors (Lipinski definition) is 3. The predicted molar refractivity (Wildman–Crippen MR) is 72.0 cm³/mol. The van der Waals surface area contributed by atoms with Crippen LogP contribution in [0.5, 0.6) is 0 Å². The van der Waals surface area contributed by atoms with Crippen molar-refractivity contribution >= 4 is 11.7 Å². The first-order valence-electron chi connectivity index (χ1n) is 6.75. The summed E-state index contributed by atoms with van der Waals surface area (Å²) in [4.78, 5) is 25.6. The van der Waals surface area contributed by atoms with Gasteiger partial charge in [-0.3, -0.25) is 9.59 Å². The van der Waals surface area contributed by atoms with Crippen LogP contribution in [0.2, 0.25) is 0 Å². The maximum Gasteiger partial charge on any atom is 0.223 e. The van der Waals surface area contributed by atoms with Gasteiger partial charge in [-0.2, -0.15) is 0 Å². The molecule has 1 saturated heterocycles. The lowest BCUT2D eigenvalue weighted by Gasteiger charge is -2.31. The number of hydrogen-bond donors (Lipinski definition) is 0. The van der Waals surface area contributed by atoms with Crippen molar-refractivity contribution < 1.29 is 18.7 Å². The molecule has 1 atom stereocenters. The molecule has 108 valence electrons. The molecule has 1 aliphatic rings. The largest absolute Gasteiger partial charge is 0.375 e. The maximum absolute atomic E-state index is 13.4. The van der Waals surface area contributed by atoms with Crippen molar-refractivity contribution in [3.63, 3.8) is 0 Å². The number of nitrogens with zero attached hydrogens (tertiary/aromatic N) is 1. The van der Waals surface area contributed by atoms with E-state index in [0.29, 0.717) is 19.7 Å². The van der Waals surface area contributed by atoms with Gasteiger partial charge < -0.3 is 9.64 Å². The Morgan fingerprint density at radius 3 is 2.80 bits per heavy atom. The summed E-state index contributed by atoms with van der Waals surface area (Å²) < 4.78 is 18.8. The molecule has 0 N–H and O–H groups in total. The van der Waals surface area contributed by atoms with Gasteiger partial charge in [-0.25, -0.2) is 4.39 Å². The Balaban J connectivity index is 1.87. The van der Waals surface area contributed by atoms with Gasteiger partial charge in [-0.1, -0.05) is 12.1 Å². The summed E-state index contributed by atoms with van der Waals surface area (Å²) in [5, 5.41) is 0. The Kier molecular flexibility index (Phi) is 4.84. The van der Waals surface area contributed by atoms with Crippen LogP contribution in [0.3, 0.4) is 0 Å². The molecular weight excluding hydrogens is 261 g/mol. The summed E-state index contributed by atoms with van der Waals surface area (Å²) >= 11 is 0. The van der Waals surface area contributed by atoms with E-state index in [-0.39, 0.29) is 36.2 Å². The molecule has 0 aromatic heterocycles. The van der Waals surface area contributed by atoms with E-state index in [1.165, 1.54) is 18.2 Å². The van der Waals surface area contributed by atoms with Crippen LogP contribution in [0.4, 0.5) is 4.39 Å². The molecule has 0 radical (unpaired) electrons. The van der Waals surface area contributed by atoms with Crippen molar-refractivity contribution in [2.24, 2.45) is 0 Å². The second kappa shape index (κ2) is 6.61. The third-order valence-electron chi connectivity index (χ3n) is 3.33. The second-order valence-electron chi connectivity index (χ2n) is 4.92. The maximum atomic E-state index is 13.4. The Bertz CT molecular complexity index is 504. The van der Waals surface area contributed by atoms with Gasteiger partial charge in [-0.05, 0) is 19.1 Å². The molecule has 1 aliphatic heterocycles.